The van der Waals surface area contributed by atoms with Gasteiger partial charge >= 0.3 is 5.97 Å². The number of thiophene rings is 1. The Kier molecular flexibility index (Phi) is 7.11. The summed E-state index contributed by atoms with van der Waals surface area (Å²) in [6.07, 6.45) is 0.766. The third-order valence-corrected chi connectivity index (χ3v) is 6.32. The summed E-state index contributed by atoms with van der Waals surface area (Å²) in [6, 6.07) is 7.34. The molecule has 1 aromatic carbocycles. The quantitative estimate of drug-likeness (QED) is 0.417. The van der Waals surface area contributed by atoms with Crippen molar-refractivity contribution in [1.29, 1.82) is 0 Å². The maximum Gasteiger partial charge on any atom is 0.341 e. The van der Waals surface area contributed by atoms with E-state index >= 15 is 0 Å². The van der Waals surface area contributed by atoms with Gasteiger partial charge in [-0.05, 0) is 17.7 Å². The van der Waals surface area contributed by atoms with Gasteiger partial charge in [0.05, 0.1) is 20.0 Å². The van der Waals surface area contributed by atoms with Crippen LogP contribution < -0.4 is 10.1 Å². The fraction of sp³-hybridized carbons (Fsp3) is 0.300. The molecule has 0 atom stereocenters. The van der Waals surface area contributed by atoms with Crippen molar-refractivity contribution < 1.29 is 19.1 Å². The highest BCUT2D eigenvalue weighted by Gasteiger charge is 2.22. The van der Waals surface area contributed by atoms with Crippen LogP contribution in [0.3, 0.4) is 0 Å². The van der Waals surface area contributed by atoms with Gasteiger partial charge in [0.15, 0.2) is 5.16 Å². The molecule has 0 spiro atoms. The molecular weight excluding hydrogens is 424 g/mol. The Morgan fingerprint density at radius 1 is 1.20 bits per heavy atom. The Hall–Kier alpha value is -2.85. The Morgan fingerprint density at radius 3 is 2.53 bits per heavy atom. The number of methoxy groups -OCH3 is 2. The van der Waals surface area contributed by atoms with Gasteiger partial charge in [-0.25, -0.2) is 4.79 Å². The first-order chi connectivity index (χ1) is 14.5. The number of anilines is 1. The van der Waals surface area contributed by atoms with Crippen molar-refractivity contribution in [2.45, 2.75) is 18.5 Å². The number of hydrogen-bond donors (Lipinski definition) is 1. The lowest BCUT2D eigenvalue weighted by Crippen LogP contribution is -2.16. The minimum absolute atomic E-state index is 0.145. The number of ether oxygens (including phenoxy) is 2. The molecule has 2 heterocycles. The van der Waals surface area contributed by atoms with Gasteiger partial charge in [-0.15, -0.1) is 21.5 Å². The maximum absolute atomic E-state index is 12.5. The summed E-state index contributed by atoms with van der Waals surface area (Å²) in [7, 11) is 4.78. The van der Waals surface area contributed by atoms with Gasteiger partial charge in [-0.3, -0.25) is 4.79 Å². The number of carbonyl (C=O) groups excluding carboxylic acids is 2. The van der Waals surface area contributed by atoms with Gasteiger partial charge in [0.2, 0.25) is 5.91 Å². The van der Waals surface area contributed by atoms with Gasteiger partial charge in [0.25, 0.3) is 0 Å². The summed E-state index contributed by atoms with van der Waals surface area (Å²) in [5.41, 5.74) is 1.85. The molecule has 0 bridgehead atoms. The Balaban J connectivity index is 1.77. The Labute approximate surface area is 182 Å². The summed E-state index contributed by atoms with van der Waals surface area (Å²) in [5.74, 6) is 0.967. The number of nitrogens with zero attached hydrogens (tertiary/aromatic N) is 3. The molecule has 0 fully saturated rings. The van der Waals surface area contributed by atoms with Crippen molar-refractivity contribution >= 4 is 40.0 Å². The van der Waals surface area contributed by atoms with Gasteiger partial charge in [-0.2, -0.15) is 0 Å². The van der Waals surface area contributed by atoms with Gasteiger partial charge in [-0.1, -0.05) is 30.8 Å². The van der Waals surface area contributed by atoms with Gasteiger partial charge in [0, 0.05) is 24.4 Å². The average Bonchev–Trinajstić information content (AvgIpc) is 3.34. The summed E-state index contributed by atoms with van der Waals surface area (Å²) in [6.45, 7) is 2.00. The molecule has 0 saturated carbocycles. The van der Waals surface area contributed by atoms with Crippen LogP contribution in [0.1, 0.15) is 23.1 Å². The van der Waals surface area contributed by atoms with E-state index in [1.807, 2.05) is 48.2 Å². The lowest BCUT2D eigenvalue weighted by Gasteiger charge is -2.08. The number of hydrogen-bond acceptors (Lipinski definition) is 8. The second-order valence-electron chi connectivity index (χ2n) is 6.22. The fourth-order valence-corrected chi connectivity index (χ4v) is 4.51. The first-order valence-corrected chi connectivity index (χ1v) is 11.0. The number of aryl methyl sites for hydroxylation is 1. The molecule has 8 nitrogen and oxygen atoms in total. The number of amides is 1. The van der Waals surface area contributed by atoms with E-state index in [0.29, 0.717) is 27.0 Å². The van der Waals surface area contributed by atoms with E-state index in [4.69, 9.17) is 9.47 Å². The van der Waals surface area contributed by atoms with Crippen LogP contribution in [-0.2, 0) is 23.0 Å². The zero-order valence-electron chi connectivity index (χ0n) is 17.1. The van der Waals surface area contributed by atoms with Crippen molar-refractivity contribution in [1.82, 2.24) is 14.8 Å². The highest BCUT2D eigenvalue weighted by atomic mass is 32.2. The van der Waals surface area contributed by atoms with Crippen LogP contribution in [0.15, 0.2) is 34.8 Å². The number of carbonyl (C=O) groups is 2. The van der Waals surface area contributed by atoms with E-state index < -0.39 is 5.97 Å². The van der Waals surface area contributed by atoms with Crippen molar-refractivity contribution in [3.63, 3.8) is 0 Å². The van der Waals surface area contributed by atoms with E-state index in [2.05, 4.69) is 15.5 Å². The molecule has 0 saturated heterocycles. The Bertz CT molecular complexity index is 1040. The Morgan fingerprint density at radius 2 is 1.93 bits per heavy atom. The lowest BCUT2D eigenvalue weighted by atomic mass is 10.0. The monoisotopic (exact) mass is 446 g/mol. The smallest absolute Gasteiger partial charge is 0.341 e. The molecule has 1 N–H and O–H groups in total. The van der Waals surface area contributed by atoms with E-state index in [9.17, 15) is 9.59 Å². The van der Waals surface area contributed by atoms with Crippen LogP contribution in [0.25, 0.3) is 11.1 Å². The molecule has 0 radical (unpaired) electrons. The topological polar surface area (TPSA) is 95.3 Å². The first-order valence-electron chi connectivity index (χ1n) is 9.13. The van der Waals surface area contributed by atoms with Crippen LogP contribution >= 0.6 is 23.1 Å². The predicted octanol–water partition coefficient (Wildman–Crippen LogP) is 3.63. The molecule has 10 heteroatoms. The van der Waals surface area contributed by atoms with Gasteiger partial charge < -0.3 is 19.4 Å². The zero-order valence-corrected chi connectivity index (χ0v) is 18.7. The third kappa shape index (κ3) is 4.65. The molecule has 158 valence electrons. The molecule has 3 rings (SSSR count). The normalized spacial score (nSPS) is 10.7. The van der Waals surface area contributed by atoms with Crippen LogP contribution in [0, 0.1) is 0 Å². The second-order valence-corrected chi connectivity index (χ2v) is 8.04. The average molecular weight is 447 g/mol. The van der Waals surface area contributed by atoms with E-state index in [1.54, 1.807) is 7.11 Å². The largest absolute Gasteiger partial charge is 0.497 e. The zero-order chi connectivity index (χ0) is 21.7. The van der Waals surface area contributed by atoms with E-state index in [0.717, 1.165) is 17.8 Å². The van der Waals surface area contributed by atoms with Crippen molar-refractivity contribution in [2.24, 2.45) is 7.05 Å². The highest BCUT2D eigenvalue weighted by molar-refractivity contribution is 7.99. The summed E-state index contributed by atoms with van der Waals surface area (Å²) >= 11 is 2.57. The fourth-order valence-electron chi connectivity index (χ4n) is 2.81. The molecule has 2 aromatic heterocycles. The standard InChI is InChI=1S/C20H22N4O4S2/c1-5-15-22-23-20(24(15)2)30-11-16(25)21-18-17(19(26)28-4)14(10-29-18)12-6-8-13(27-3)9-7-12/h6-10H,5,11H2,1-4H3,(H,21,25). The highest BCUT2D eigenvalue weighted by Crippen LogP contribution is 2.37. The van der Waals surface area contributed by atoms with Crippen molar-refractivity contribution in [2.75, 3.05) is 25.3 Å². The third-order valence-electron chi connectivity index (χ3n) is 4.41. The molecule has 0 aliphatic carbocycles. The van der Waals surface area contributed by atoms with E-state index in [1.165, 1.54) is 30.2 Å². The number of esters is 1. The van der Waals surface area contributed by atoms with Crippen molar-refractivity contribution in [3.8, 4) is 16.9 Å². The number of rotatable bonds is 8. The minimum Gasteiger partial charge on any atom is -0.497 e. The molecule has 3 aromatic rings. The van der Waals surface area contributed by atoms with Crippen LogP contribution in [-0.4, -0.2) is 46.6 Å². The summed E-state index contributed by atoms with van der Waals surface area (Å²) in [5, 5.41) is 14.0. The summed E-state index contributed by atoms with van der Waals surface area (Å²) < 4.78 is 12.0. The number of nitrogens with one attached hydrogen (secondary N) is 1. The number of aromatic nitrogens is 3. The predicted molar refractivity (Wildman–Crippen MR) is 117 cm³/mol. The van der Waals surface area contributed by atoms with Crippen LogP contribution in [0.4, 0.5) is 5.00 Å². The number of benzene rings is 1. The first kappa shape index (κ1) is 21.8. The number of thioether (sulfide) groups is 1. The lowest BCUT2D eigenvalue weighted by molar-refractivity contribution is -0.113. The SMILES string of the molecule is CCc1nnc(SCC(=O)Nc2scc(-c3ccc(OC)cc3)c2C(=O)OC)n1C. The maximum atomic E-state index is 12.5. The second kappa shape index (κ2) is 9.77. The molecule has 1 amide bonds. The van der Waals surface area contributed by atoms with Crippen LogP contribution in [0.5, 0.6) is 5.75 Å². The molecule has 0 unspecified atom stereocenters. The molecule has 0 aliphatic heterocycles. The molecule has 30 heavy (non-hydrogen) atoms. The van der Waals surface area contributed by atoms with E-state index in [-0.39, 0.29) is 11.7 Å². The minimum atomic E-state index is -0.508. The molecular formula is C20H22N4O4S2. The molecule has 0 aliphatic rings. The van der Waals surface area contributed by atoms with Gasteiger partial charge in [0.1, 0.15) is 22.1 Å². The van der Waals surface area contributed by atoms with Crippen LogP contribution in [0.2, 0.25) is 0 Å². The van der Waals surface area contributed by atoms with Crippen molar-refractivity contribution in [3.05, 3.63) is 41.0 Å². The summed E-state index contributed by atoms with van der Waals surface area (Å²) in [4.78, 5) is 25.0.